The molecule has 8 heteroatoms. The van der Waals surface area contributed by atoms with E-state index < -0.39 is 12.1 Å². The van der Waals surface area contributed by atoms with Crippen LogP contribution in [0.5, 0.6) is 0 Å². The normalized spacial score (nSPS) is 12.5. The van der Waals surface area contributed by atoms with Crippen LogP contribution < -0.4 is 21.7 Å². The molecule has 0 saturated heterocycles. The molecule has 178 valence electrons. The molecule has 33 heavy (non-hydrogen) atoms. The first-order chi connectivity index (χ1) is 15.9. The van der Waals surface area contributed by atoms with Gasteiger partial charge in [-0.3, -0.25) is 14.4 Å². The second-order valence-electron chi connectivity index (χ2n) is 7.84. The van der Waals surface area contributed by atoms with Gasteiger partial charge in [0.2, 0.25) is 11.8 Å². The van der Waals surface area contributed by atoms with Crippen molar-refractivity contribution < 1.29 is 19.1 Å². The minimum atomic E-state index is -0.744. The predicted molar refractivity (Wildman–Crippen MR) is 128 cm³/mol. The standard InChI is InChI=1S/C25H34N4O4/c1-18(30)33-17-20-11-13-21(14-12-20)28-25(32)23(16-19-8-4-3-5-9-19)29-24(31)22(27-2)10-6-7-15-26/h3-5,8-9,11-14,22-23,27H,6-7,10,15-17,26H2,1-2H3,(H,28,32)(H,29,31)/t22-,23-/m0/s1. The summed E-state index contributed by atoms with van der Waals surface area (Å²) in [4.78, 5) is 36.9. The van der Waals surface area contributed by atoms with E-state index in [-0.39, 0.29) is 24.4 Å². The Labute approximate surface area is 195 Å². The first-order valence-corrected chi connectivity index (χ1v) is 11.2. The fourth-order valence-electron chi connectivity index (χ4n) is 3.33. The molecule has 0 bridgehead atoms. The quantitative estimate of drug-likeness (QED) is 0.272. The first kappa shape index (κ1) is 26.0. The largest absolute Gasteiger partial charge is 0.461 e. The smallest absolute Gasteiger partial charge is 0.302 e. The maximum Gasteiger partial charge on any atom is 0.302 e. The van der Waals surface area contributed by atoms with Crippen LogP contribution in [0.1, 0.15) is 37.3 Å². The number of hydrogen-bond donors (Lipinski definition) is 4. The number of hydrogen-bond acceptors (Lipinski definition) is 6. The van der Waals surface area contributed by atoms with Crippen molar-refractivity contribution in [2.24, 2.45) is 5.73 Å². The average molecular weight is 455 g/mol. The van der Waals surface area contributed by atoms with Crippen molar-refractivity contribution in [3.8, 4) is 0 Å². The van der Waals surface area contributed by atoms with E-state index in [9.17, 15) is 14.4 Å². The molecular weight excluding hydrogens is 420 g/mol. The third kappa shape index (κ3) is 9.43. The van der Waals surface area contributed by atoms with Gasteiger partial charge < -0.3 is 26.4 Å². The summed E-state index contributed by atoms with van der Waals surface area (Å²) >= 11 is 0. The Morgan fingerprint density at radius 3 is 2.21 bits per heavy atom. The van der Waals surface area contributed by atoms with Crippen LogP contribution in [0.2, 0.25) is 0 Å². The molecule has 0 radical (unpaired) electrons. The molecular formula is C25H34N4O4. The maximum atomic E-state index is 13.1. The lowest BCUT2D eigenvalue weighted by Crippen LogP contribution is -2.51. The Morgan fingerprint density at radius 2 is 1.61 bits per heavy atom. The number of carbonyl (C=O) groups excluding carboxylic acids is 3. The Morgan fingerprint density at radius 1 is 0.909 bits per heavy atom. The van der Waals surface area contributed by atoms with Crippen LogP contribution in [-0.4, -0.2) is 43.5 Å². The van der Waals surface area contributed by atoms with Gasteiger partial charge in [0.25, 0.3) is 0 Å². The van der Waals surface area contributed by atoms with E-state index in [0.717, 1.165) is 24.0 Å². The third-order valence-corrected chi connectivity index (χ3v) is 5.19. The SMILES string of the molecule is CN[C@@H](CCCCN)C(=O)N[C@@H](Cc1ccccc1)C(=O)Nc1ccc(COC(C)=O)cc1. The second kappa shape index (κ2) is 14.0. The summed E-state index contributed by atoms with van der Waals surface area (Å²) in [6.45, 7) is 2.11. The Bertz CT molecular complexity index is 887. The van der Waals surface area contributed by atoms with Crippen LogP contribution in [0.25, 0.3) is 0 Å². The number of carbonyl (C=O) groups is 3. The number of nitrogens with two attached hydrogens (primary N) is 1. The van der Waals surface area contributed by atoms with Crippen molar-refractivity contribution in [1.82, 2.24) is 10.6 Å². The first-order valence-electron chi connectivity index (χ1n) is 11.2. The maximum absolute atomic E-state index is 13.1. The summed E-state index contributed by atoms with van der Waals surface area (Å²) < 4.78 is 4.98. The number of amides is 2. The lowest BCUT2D eigenvalue weighted by Gasteiger charge is -2.22. The lowest BCUT2D eigenvalue weighted by molar-refractivity contribution is -0.142. The van der Waals surface area contributed by atoms with Crippen molar-refractivity contribution in [3.05, 3.63) is 65.7 Å². The number of benzene rings is 2. The Hall–Kier alpha value is -3.23. The molecule has 0 aliphatic carbocycles. The highest BCUT2D eigenvalue weighted by atomic mass is 16.5. The molecule has 0 aliphatic rings. The molecule has 0 saturated carbocycles. The number of nitrogens with one attached hydrogen (secondary N) is 3. The van der Waals surface area contributed by atoms with Gasteiger partial charge >= 0.3 is 5.97 Å². The van der Waals surface area contributed by atoms with Gasteiger partial charge in [-0.2, -0.15) is 0 Å². The molecule has 2 atom stereocenters. The second-order valence-corrected chi connectivity index (χ2v) is 7.84. The monoisotopic (exact) mass is 454 g/mol. The number of ether oxygens (including phenoxy) is 1. The third-order valence-electron chi connectivity index (χ3n) is 5.19. The molecule has 2 aromatic carbocycles. The molecule has 0 aliphatic heterocycles. The predicted octanol–water partition coefficient (Wildman–Crippen LogP) is 2.13. The van der Waals surface area contributed by atoms with Gasteiger partial charge in [0.15, 0.2) is 0 Å². The zero-order valence-corrected chi connectivity index (χ0v) is 19.3. The van der Waals surface area contributed by atoms with E-state index in [2.05, 4.69) is 16.0 Å². The van der Waals surface area contributed by atoms with Gasteiger partial charge in [-0.1, -0.05) is 48.9 Å². The number of likely N-dealkylation sites (N-methyl/N-ethyl adjacent to an activating group) is 1. The Kier molecular flexibility index (Phi) is 11.1. The van der Waals surface area contributed by atoms with Gasteiger partial charge in [0, 0.05) is 19.0 Å². The molecule has 0 heterocycles. The van der Waals surface area contributed by atoms with Crippen LogP contribution in [0.4, 0.5) is 5.69 Å². The minimum absolute atomic E-state index is 0.172. The van der Waals surface area contributed by atoms with Crippen molar-refractivity contribution in [1.29, 1.82) is 0 Å². The van der Waals surface area contributed by atoms with E-state index in [1.54, 1.807) is 31.3 Å². The van der Waals surface area contributed by atoms with Crippen LogP contribution in [0.3, 0.4) is 0 Å². The van der Waals surface area contributed by atoms with Crippen LogP contribution in [0, 0.1) is 0 Å². The number of unbranched alkanes of at least 4 members (excludes halogenated alkanes) is 1. The van der Waals surface area contributed by atoms with Gasteiger partial charge in [-0.15, -0.1) is 0 Å². The van der Waals surface area contributed by atoms with Gasteiger partial charge in [0.05, 0.1) is 6.04 Å². The molecule has 0 aromatic heterocycles. The molecule has 5 N–H and O–H groups in total. The minimum Gasteiger partial charge on any atom is -0.461 e. The van der Waals surface area contributed by atoms with E-state index in [0.29, 0.717) is 25.1 Å². The molecule has 2 amide bonds. The molecule has 0 spiro atoms. The number of rotatable bonds is 13. The van der Waals surface area contributed by atoms with E-state index in [4.69, 9.17) is 10.5 Å². The highest BCUT2D eigenvalue weighted by molar-refractivity contribution is 5.98. The van der Waals surface area contributed by atoms with E-state index in [1.165, 1.54) is 6.92 Å². The highest BCUT2D eigenvalue weighted by Crippen LogP contribution is 2.13. The molecule has 2 aromatic rings. The van der Waals surface area contributed by atoms with E-state index >= 15 is 0 Å². The fraction of sp³-hybridized carbons (Fsp3) is 0.400. The summed E-state index contributed by atoms with van der Waals surface area (Å²) in [5.41, 5.74) is 7.90. The van der Waals surface area contributed by atoms with Crippen molar-refractivity contribution in [2.45, 2.75) is 51.3 Å². The lowest BCUT2D eigenvalue weighted by atomic mass is 10.0. The van der Waals surface area contributed by atoms with Crippen LogP contribution >= 0.6 is 0 Å². The highest BCUT2D eigenvalue weighted by Gasteiger charge is 2.25. The summed E-state index contributed by atoms with van der Waals surface area (Å²) in [6, 6.07) is 15.4. The van der Waals surface area contributed by atoms with E-state index in [1.807, 2.05) is 30.3 Å². The van der Waals surface area contributed by atoms with Crippen molar-refractivity contribution >= 4 is 23.5 Å². The molecule has 8 nitrogen and oxygen atoms in total. The Balaban J connectivity index is 2.08. The molecule has 0 unspecified atom stereocenters. The van der Waals surface area contributed by atoms with Gasteiger partial charge in [-0.05, 0) is 49.7 Å². The summed E-state index contributed by atoms with van der Waals surface area (Å²) in [5, 5.41) is 8.80. The summed E-state index contributed by atoms with van der Waals surface area (Å²) in [6.07, 6.45) is 2.67. The fourth-order valence-corrected chi connectivity index (χ4v) is 3.33. The molecule has 0 fully saturated rings. The molecule has 2 rings (SSSR count). The zero-order chi connectivity index (χ0) is 24.1. The van der Waals surface area contributed by atoms with Crippen molar-refractivity contribution in [3.63, 3.8) is 0 Å². The van der Waals surface area contributed by atoms with Crippen LogP contribution in [-0.2, 0) is 32.1 Å². The number of esters is 1. The van der Waals surface area contributed by atoms with Gasteiger partial charge in [-0.25, -0.2) is 0 Å². The topological polar surface area (TPSA) is 123 Å². The summed E-state index contributed by atoms with van der Waals surface area (Å²) in [5.74, 6) is -0.881. The van der Waals surface area contributed by atoms with Gasteiger partial charge in [0.1, 0.15) is 12.6 Å². The van der Waals surface area contributed by atoms with Crippen molar-refractivity contribution in [2.75, 3.05) is 18.9 Å². The van der Waals surface area contributed by atoms with Crippen LogP contribution in [0.15, 0.2) is 54.6 Å². The zero-order valence-electron chi connectivity index (χ0n) is 19.3. The summed E-state index contributed by atoms with van der Waals surface area (Å²) in [7, 11) is 1.73. The number of anilines is 1. The average Bonchev–Trinajstić information content (AvgIpc) is 2.81.